The molecule has 0 atom stereocenters. The van der Waals surface area contributed by atoms with Gasteiger partial charge in [-0.25, -0.2) is 0 Å². The van der Waals surface area contributed by atoms with Crippen molar-refractivity contribution in [2.24, 2.45) is 0 Å². The average Bonchev–Trinajstić information content (AvgIpc) is 3.06. The first-order valence-corrected chi connectivity index (χ1v) is 8.86. The molecule has 1 heterocycles. The van der Waals surface area contributed by atoms with E-state index in [1.54, 1.807) is 7.11 Å². The molecule has 27 heavy (non-hydrogen) atoms. The minimum Gasteiger partial charge on any atom is -0.497 e. The lowest BCUT2D eigenvalue weighted by atomic mass is 9.95. The van der Waals surface area contributed by atoms with Gasteiger partial charge in [0.05, 0.1) is 12.7 Å². The van der Waals surface area contributed by atoms with E-state index in [9.17, 15) is 4.79 Å². The molecular formula is C24H20O3. The number of ketones is 1. The number of benzene rings is 3. The van der Waals surface area contributed by atoms with Crippen LogP contribution in [-0.4, -0.2) is 12.9 Å². The van der Waals surface area contributed by atoms with Crippen LogP contribution in [0.25, 0.3) is 22.3 Å². The van der Waals surface area contributed by atoms with E-state index in [1.807, 2.05) is 74.5 Å². The van der Waals surface area contributed by atoms with Gasteiger partial charge in [0.1, 0.15) is 17.1 Å². The Bertz CT molecular complexity index is 1130. The van der Waals surface area contributed by atoms with E-state index in [-0.39, 0.29) is 5.78 Å². The molecule has 0 aliphatic rings. The third-order valence-corrected chi connectivity index (χ3v) is 4.64. The molecule has 0 aliphatic carbocycles. The molecule has 0 bridgehead atoms. The molecule has 4 rings (SSSR count). The number of fused-ring (bicyclic) bond motifs is 1. The summed E-state index contributed by atoms with van der Waals surface area (Å²) in [6.07, 6.45) is 0. The fraction of sp³-hybridized carbons (Fsp3) is 0.125. The van der Waals surface area contributed by atoms with Crippen molar-refractivity contribution in [3.8, 4) is 17.1 Å². The first kappa shape index (κ1) is 17.1. The Balaban J connectivity index is 1.96. The van der Waals surface area contributed by atoms with Crippen molar-refractivity contribution in [2.75, 3.05) is 7.11 Å². The number of carbonyl (C=O) groups is 1. The topological polar surface area (TPSA) is 39.4 Å². The zero-order valence-electron chi connectivity index (χ0n) is 15.6. The summed E-state index contributed by atoms with van der Waals surface area (Å²) in [5, 5.41) is 0.819. The molecule has 0 aliphatic heterocycles. The van der Waals surface area contributed by atoms with Gasteiger partial charge in [-0.2, -0.15) is 0 Å². The van der Waals surface area contributed by atoms with E-state index in [0.29, 0.717) is 22.5 Å². The summed E-state index contributed by atoms with van der Waals surface area (Å²) in [6.45, 7) is 4.00. The van der Waals surface area contributed by atoms with Gasteiger partial charge in [-0.05, 0) is 44.2 Å². The van der Waals surface area contributed by atoms with Gasteiger partial charge in [-0.3, -0.25) is 4.79 Å². The van der Waals surface area contributed by atoms with Crippen molar-refractivity contribution in [1.82, 2.24) is 0 Å². The largest absolute Gasteiger partial charge is 0.497 e. The fourth-order valence-electron chi connectivity index (χ4n) is 3.49. The summed E-state index contributed by atoms with van der Waals surface area (Å²) in [7, 11) is 1.62. The van der Waals surface area contributed by atoms with Gasteiger partial charge in [0.25, 0.3) is 0 Å². The van der Waals surface area contributed by atoms with Gasteiger partial charge >= 0.3 is 0 Å². The summed E-state index contributed by atoms with van der Waals surface area (Å²) in [4.78, 5) is 13.5. The SMILES string of the molecule is COc1cccc(-c2oc3ccccc3c2C(=O)c2cc(C)cc(C)c2)c1. The number of para-hydroxylation sites is 1. The van der Waals surface area contributed by atoms with Crippen LogP contribution >= 0.6 is 0 Å². The monoisotopic (exact) mass is 356 g/mol. The van der Waals surface area contributed by atoms with Crippen molar-refractivity contribution in [2.45, 2.75) is 13.8 Å². The zero-order valence-corrected chi connectivity index (χ0v) is 15.6. The fourth-order valence-corrected chi connectivity index (χ4v) is 3.49. The molecule has 1 aromatic heterocycles. The minimum absolute atomic E-state index is 0.0374. The third kappa shape index (κ3) is 3.13. The second kappa shape index (κ2) is 6.76. The highest BCUT2D eigenvalue weighted by atomic mass is 16.5. The van der Waals surface area contributed by atoms with Gasteiger partial charge in [-0.15, -0.1) is 0 Å². The van der Waals surface area contributed by atoms with Crippen LogP contribution in [0.3, 0.4) is 0 Å². The number of rotatable bonds is 4. The Labute approximate surface area is 158 Å². The number of carbonyl (C=O) groups excluding carboxylic acids is 1. The standard InChI is InChI=1S/C24H20O3/c1-15-11-16(2)13-18(12-15)23(25)22-20-9-4-5-10-21(20)27-24(22)17-7-6-8-19(14-17)26-3/h4-14H,1-3H3. The van der Waals surface area contributed by atoms with Crippen LogP contribution < -0.4 is 4.74 Å². The second-order valence-electron chi connectivity index (χ2n) is 6.74. The predicted molar refractivity (Wildman–Crippen MR) is 108 cm³/mol. The molecule has 0 spiro atoms. The summed E-state index contributed by atoms with van der Waals surface area (Å²) in [6, 6.07) is 21.1. The quantitative estimate of drug-likeness (QED) is 0.424. The van der Waals surface area contributed by atoms with Crippen LogP contribution in [0, 0.1) is 13.8 Å². The molecule has 134 valence electrons. The smallest absolute Gasteiger partial charge is 0.197 e. The number of furan rings is 1. The molecule has 0 fully saturated rings. The van der Waals surface area contributed by atoms with Gasteiger partial charge < -0.3 is 9.15 Å². The number of hydrogen-bond donors (Lipinski definition) is 0. The van der Waals surface area contributed by atoms with Crippen molar-refractivity contribution in [3.63, 3.8) is 0 Å². The lowest BCUT2D eigenvalue weighted by Gasteiger charge is -2.07. The van der Waals surface area contributed by atoms with Gasteiger partial charge in [-0.1, -0.05) is 47.5 Å². The molecule has 0 saturated carbocycles. The van der Waals surface area contributed by atoms with E-state index in [1.165, 1.54) is 0 Å². The Morgan fingerprint density at radius 3 is 2.37 bits per heavy atom. The molecule has 3 aromatic carbocycles. The third-order valence-electron chi connectivity index (χ3n) is 4.64. The van der Waals surface area contributed by atoms with Crippen LogP contribution in [0.15, 0.2) is 71.1 Å². The molecule has 0 saturated heterocycles. The van der Waals surface area contributed by atoms with E-state index in [0.717, 1.165) is 27.8 Å². The Kier molecular flexibility index (Phi) is 4.28. The van der Waals surface area contributed by atoms with E-state index in [4.69, 9.17) is 9.15 Å². The maximum absolute atomic E-state index is 13.5. The Morgan fingerprint density at radius 2 is 1.63 bits per heavy atom. The molecule has 3 nitrogen and oxygen atoms in total. The Morgan fingerprint density at radius 1 is 0.889 bits per heavy atom. The molecular weight excluding hydrogens is 336 g/mol. The maximum atomic E-state index is 13.5. The van der Waals surface area contributed by atoms with E-state index >= 15 is 0 Å². The molecule has 0 N–H and O–H groups in total. The molecule has 4 aromatic rings. The number of aryl methyl sites for hydroxylation is 2. The first-order chi connectivity index (χ1) is 13.1. The number of methoxy groups -OCH3 is 1. The van der Waals surface area contributed by atoms with Gasteiger partial charge in [0.2, 0.25) is 0 Å². The predicted octanol–water partition coefficient (Wildman–Crippen LogP) is 5.96. The van der Waals surface area contributed by atoms with Crippen LogP contribution in [0.1, 0.15) is 27.0 Å². The van der Waals surface area contributed by atoms with Gasteiger partial charge in [0, 0.05) is 16.5 Å². The zero-order chi connectivity index (χ0) is 19.0. The van der Waals surface area contributed by atoms with Crippen molar-refractivity contribution in [1.29, 1.82) is 0 Å². The van der Waals surface area contributed by atoms with Crippen LogP contribution in [-0.2, 0) is 0 Å². The highest BCUT2D eigenvalue weighted by Crippen LogP contribution is 2.36. The molecule has 0 radical (unpaired) electrons. The normalized spacial score (nSPS) is 10.9. The lowest BCUT2D eigenvalue weighted by molar-refractivity contribution is 0.104. The first-order valence-electron chi connectivity index (χ1n) is 8.86. The maximum Gasteiger partial charge on any atom is 0.197 e. The highest BCUT2D eigenvalue weighted by molar-refractivity contribution is 6.19. The Hall–Kier alpha value is -3.33. The summed E-state index contributed by atoms with van der Waals surface area (Å²) in [5.74, 6) is 1.25. The van der Waals surface area contributed by atoms with Crippen LogP contribution in [0.2, 0.25) is 0 Å². The van der Waals surface area contributed by atoms with Crippen molar-refractivity contribution < 1.29 is 13.9 Å². The molecule has 3 heteroatoms. The highest BCUT2D eigenvalue weighted by Gasteiger charge is 2.23. The van der Waals surface area contributed by atoms with Crippen LogP contribution in [0.4, 0.5) is 0 Å². The van der Waals surface area contributed by atoms with Gasteiger partial charge in [0.15, 0.2) is 5.78 Å². The summed E-state index contributed by atoms with van der Waals surface area (Å²) < 4.78 is 11.5. The number of ether oxygens (including phenoxy) is 1. The minimum atomic E-state index is -0.0374. The van der Waals surface area contributed by atoms with E-state index < -0.39 is 0 Å². The van der Waals surface area contributed by atoms with Crippen LogP contribution in [0.5, 0.6) is 5.75 Å². The van der Waals surface area contributed by atoms with E-state index in [2.05, 4.69) is 6.07 Å². The second-order valence-corrected chi connectivity index (χ2v) is 6.74. The van der Waals surface area contributed by atoms with Crippen molar-refractivity contribution >= 4 is 16.8 Å². The van der Waals surface area contributed by atoms with Crippen molar-refractivity contribution in [3.05, 3.63) is 89.0 Å². The molecule has 0 amide bonds. The number of hydrogen-bond acceptors (Lipinski definition) is 3. The average molecular weight is 356 g/mol. The summed E-state index contributed by atoms with van der Waals surface area (Å²) >= 11 is 0. The summed E-state index contributed by atoms with van der Waals surface area (Å²) in [5.41, 5.74) is 4.90. The lowest BCUT2D eigenvalue weighted by Crippen LogP contribution is -2.03. The molecule has 0 unspecified atom stereocenters.